The molecule has 7 heteroatoms. The minimum atomic E-state index is -0.644. The molecule has 0 saturated carbocycles. The van der Waals surface area contributed by atoms with Gasteiger partial charge in [0.05, 0.1) is 11.7 Å². The zero-order chi connectivity index (χ0) is 23.2. The summed E-state index contributed by atoms with van der Waals surface area (Å²) in [7, 11) is 0. The lowest BCUT2D eigenvalue weighted by atomic mass is 10.1. The van der Waals surface area contributed by atoms with Crippen molar-refractivity contribution >= 4 is 35.1 Å². The van der Waals surface area contributed by atoms with Crippen LogP contribution in [0.4, 0.5) is 5.69 Å². The molecule has 1 unspecified atom stereocenters. The molecule has 1 heterocycles. The summed E-state index contributed by atoms with van der Waals surface area (Å²) in [5.74, 6) is 0.158. The van der Waals surface area contributed by atoms with Crippen LogP contribution in [0.25, 0.3) is 0 Å². The maximum absolute atomic E-state index is 13.2. The Morgan fingerprint density at radius 2 is 1.61 bits per heavy atom. The van der Waals surface area contributed by atoms with Gasteiger partial charge in [0.15, 0.2) is 19.0 Å². The number of hydrogen-bond donors (Lipinski definition) is 0. The molecule has 1 amide bonds. The standard InChI is InChI=1S/C26H23NO5S/c1-18(28)19-11-13-21(14-12-19)31-16-26(30)32-15-25(29)27-22-9-5-6-10-24(22)33-17-23(27)20-7-3-2-4-8-20/h2-14,23H,15-17H2,1H3. The van der Waals surface area contributed by atoms with Gasteiger partial charge in [0.2, 0.25) is 0 Å². The number of ketones is 1. The molecule has 0 aromatic heterocycles. The predicted molar refractivity (Wildman–Crippen MR) is 127 cm³/mol. The molecule has 3 aromatic carbocycles. The highest BCUT2D eigenvalue weighted by atomic mass is 32.2. The number of amides is 1. The number of anilines is 1. The van der Waals surface area contributed by atoms with E-state index in [0.717, 1.165) is 16.1 Å². The molecular weight excluding hydrogens is 438 g/mol. The maximum Gasteiger partial charge on any atom is 0.344 e. The molecule has 0 spiro atoms. The zero-order valence-corrected chi connectivity index (χ0v) is 18.9. The van der Waals surface area contributed by atoms with E-state index < -0.39 is 5.97 Å². The Morgan fingerprint density at radius 3 is 2.33 bits per heavy atom. The average molecular weight is 462 g/mol. The van der Waals surface area contributed by atoms with Crippen LogP contribution in [0.15, 0.2) is 83.8 Å². The molecule has 33 heavy (non-hydrogen) atoms. The number of para-hydroxylation sites is 1. The van der Waals surface area contributed by atoms with E-state index in [9.17, 15) is 14.4 Å². The minimum Gasteiger partial charge on any atom is -0.482 e. The van der Waals surface area contributed by atoms with E-state index >= 15 is 0 Å². The van der Waals surface area contributed by atoms with Crippen molar-refractivity contribution < 1.29 is 23.9 Å². The molecular formula is C26H23NO5S. The van der Waals surface area contributed by atoms with Crippen LogP contribution in [-0.4, -0.2) is 36.6 Å². The number of esters is 1. The fourth-order valence-corrected chi connectivity index (χ4v) is 4.77. The van der Waals surface area contributed by atoms with Gasteiger partial charge in [-0.1, -0.05) is 42.5 Å². The number of nitrogens with zero attached hydrogens (tertiary/aromatic N) is 1. The predicted octanol–water partition coefficient (Wildman–Crippen LogP) is 4.69. The smallest absolute Gasteiger partial charge is 0.344 e. The number of carbonyl (C=O) groups excluding carboxylic acids is 3. The van der Waals surface area contributed by atoms with Crippen molar-refractivity contribution in [3.63, 3.8) is 0 Å². The second kappa shape index (κ2) is 10.4. The number of hydrogen-bond acceptors (Lipinski definition) is 6. The quantitative estimate of drug-likeness (QED) is 0.375. The van der Waals surface area contributed by atoms with Crippen LogP contribution in [0.3, 0.4) is 0 Å². The third-order valence-electron chi connectivity index (χ3n) is 5.26. The first-order valence-electron chi connectivity index (χ1n) is 10.5. The van der Waals surface area contributed by atoms with Gasteiger partial charge in [-0.2, -0.15) is 0 Å². The van der Waals surface area contributed by atoms with Gasteiger partial charge in [-0.3, -0.25) is 14.5 Å². The Labute approximate surface area is 196 Å². The lowest BCUT2D eigenvalue weighted by molar-refractivity contribution is -0.149. The first kappa shape index (κ1) is 22.6. The number of carbonyl (C=O) groups is 3. The van der Waals surface area contributed by atoms with Crippen molar-refractivity contribution in [1.82, 2.24) is 0 Å². The lowest BCUT2D eigenvalue weighted by Gasteiger charge is -2.37. The van der Waals surface area contributed by atoms with Crippen molar-refractivity contribution in [2.45, 2.75) is 17.9 Å². The van der Waals surface area contributed by atoms with Crippen molar-refractivity contribution in [1.29, 1.82) is 0 Å². The van der Waals surface area contributed by atoms with Crippen LogP contribution in [0, 0.1) is 0 Å². The second-order valence-corrected chi connectivity index (χ2v) is 8.56. The van der Waals surface area contributed by atoms with Crippen molar-refractivity contribution in [2.24, 2.45) is 0 Å². The van der Waals surface area contributed by atoms with E-state index in [1.165, 1.54) is 6.92 Å². The van der Waals surface area contributed by atoms with E-state index in [1.807, 2.05) is 54.6 Å². The molecule has 1 atom stereocenters. The molecule has 0 fully saturated rings. The van der Waals surface area contributed by atoms with E-state index in [1.54, 1.807) is 40.9 Å². The molecule has 1 aliphatic rings. The number of Topliss-reactive ketones (excluding diaryl/α,β-unsaturated/α-hetero) is 1. The summed E-state index contributed by atoms with van der Waals surface area (Å²) in [5, 5.41) is 0. The number of thioether (sulfide) groups is 1. The summed E-state index contributed by atoms with van der Waals surface area (Å²) in [6, 6.07) is 23.9. The Balaban J connectivity index is 1.40. The van der Waals surface area contributed by atoms with Crippen LogP contribution >= 0.6 is 11.8 Å². The Bertz CT molecular complexity index is 1150. The molecule has 1 aliphatic heterocycles. The van der Waals surface area contributed by atoms with Crippen LogP contribution in [0.2, 0.25) is 0 Å². The molecule has 168 valence electrons. The average Bonchev–Trinajstić information content (AvgIpc) is 2.86. The third-order valence-corrected chi connectivity index (χ3v) is 6.40. The lowest BCUT2D eigenvalue weighted by Crippen LogP contribution is -2.41. The number of fused-ring (bicyclic) bond motifs is 1. The third kappa shape index (κ3) is 5.43. The first-order chi connectivity index (χ1) is 16.0. The van der Waals surface area contributed by atoms with E-state index in [2.05, 4.69) is 0 Å². The Hall–Kier alpha value is -3.58. The van der Waals surface area contributed by atoms with E-state index in [0.29, 0.717) is 17.1 Å². The number of benzene rings is 3. The van der Waals surface area contributed by atoms with E-state index in [4.69, 9.17) is 9.47 Å². The highest BCUT2D eigenvalue weighted by Gasteiger charge is 2.32. The molecule has 0 aliphatic carbocycles. The summed E-state index contributed by atoms with van der Waals surface area (Å²) in [6.07, 6.45) is 0. The van der Waals surface area contributed by atoms with Crippen molar-refractivity contribution in [2.75, 3.05) is 23.9 Å². The Morgan fingerprint density at radius 1 is 0.909 bits per heavy atom. The largest absolute Gasteiger partial charge is 0.482 e. The van der Waals surface area contributed by atoms with Crippen LogP contribution in [0.5, 0.6) is 5.75 Å². The van der Waals surface area contributed by atoms with Gasteiger partial charge in [0, 0.05) is 16.2 Å². The van der Waals surface area contributed by atoms with Crippen molar-refractivity contribution in [3.05, 3.63) is 90.0 Å². The molecule has 4 rings (SSSR count). The summed E-state index contributed by atoms with van der Waals surface area (Å²) in [6.45, 7) is 0.765. The summed E-state index contributed by atoms with van der Waals surface area (Å²) >= 11 is 1.70. The Kier molecular flexibility index (Phi) is 7.10. The number of ether oxygens (including phenoxy) is 2. The fraction of sp³-hybridized carbons (Fsp3) is 0.192. The SMILES string of the molecule is CC(=O)c1ccc(OCC(=O)OCC(=O)N2c3ccccc3SCC2c2ccccc2)cc1. The summed E-state index contributed by atoms with van der Waals surface area (Å²) in [4.78, 5) is 39.5. The van der Waals surface area contributed by atoms with E-state index in [-0.39, 0.29) is 30.9 Å². The van der Waals surface area contributed by atoms with Gasteiger partial charge in [0.1, 0.15) is 5.75 Å². The zero-order valence-electron chi connectivity index (χ0n) is 18.1. The molecule has 0 saturated heterocycles. The van der Waals surface area contributed by atoms with Gasteiger partial charge in [-0.15, -0.1) is 11.8 Å². The highest BCUT2D eigenvalue weighted by Crippen LogP contribution is 2.43. The van der Waals surface area contributed by atoms with Crippen LogP contribution in [-0.2, 0) is 14.3 Å². The monoisotopic (exact) mass is 461 g/mol. The van der Waals surface area contributed by atoms with Gasteiger partial charge in [-0.25, -0.2) is 4.79 Å². The second-order valence-electron chi connectivity index (χ2n) is 7.50. The van der Waals surface area contributed by atoms with Crippen molar-refractivity contribution in [3.8, 4) is 5.75 Å². The minimum absolute atomic E-state index is 0.0500. The fourth-order valence-electron chi connectivity index (χ4n) is 3.60. The number of rotatable bonds is 7. The highest BCUT2D eigenvalue weighted by molar-refractivity contribution is 7.99. The summed E-state index contributed by atoms with van der Waals surface area (Å²) in [5.41, 5.74) is 2.39. The summed E-state index contributed by atoms with van der Waals surface area (Å²) < 4.78 is 10.6. The molecule has 0 bridgehead atoms. The topological polar surface area (TPSA) is 72.9 Å². The molecule has 0 N–H and O–H groups in total. The van der Waals surface area contributed by atoms with Gasteiger partial charge < -0.3 is 9.47 Å². The molecule has 3 aromatic rings. The van der Waals surface area contributed by atoms with Gasteiger partial charge >= 0.3 is 5.97 Å². The van der Waals surface area contributed by atoms with Crippen LogP contribution < -0.4 is 9.64 Å². The first-order valence-corrected chi connectivity index (χ1v) is 11.5. The van der Waals surface area contributed by atoms with Crippen LogP contribution in [0.1, 0.15) is 28.9 Å². The normalized spacial score (nSPS) is 14.8. The molecule has 0 radical (unpaired) electrons. The van der Waals surface area contributed by atoms with Gasteiger partial charge in [-0.05, 0) is 48.9 Å². The maximum atomic E-state index is 13.2. The van der Waals surface area contributed by atoms with Gasteiger partial charge in [0.25, 0.3) is 5.91 Å². The molecule has 6 nitrogen and oxygen atoms in total.